The highest BCUT2D eigenvalue weighted by Gasteiger charge is 2.09. The molecule has 0 radical (unpaired) electrons. The molecule has 1 aliphatic carbocycles. The molecule has 1 heterocycles. The minimum Gasteiger partial charge on any atom is -0.490 e. The number of aliphatic hydroxyl groups excluding tert-OH is 1. The molecule has 0 spiro atoms. The molecule has 5 heteroatoms. The molecule has 0 bridgehead atoms. The molecule has 0 aliphatic heterocycles. The SMILES string of the molecule is OC(CNC1=CCCCCCC1)COc1cccc2sncc12. The summed E-state index contributed by atoms with van der Waals surface area (Å²) in [5.74, 6) is 0.792. The molecule has 1 atom stereocenters. The molecule has 4 nitrogen and oxygen atoms in total. The molecule has 1 aromatic heterocycles. The zero-order valence-electron chi connectivity index (χ0n) is 13.3. The van der Waals surface area contributed by atoms with Gasteiger partial charge in [-0.15, -0.1) is 0 Å². The maximum absolute atomic E-state index is 10.2. The summed E-state index contributed by atoms with van der Waals surface area (Å²) in [5.41, 5.74) is 1.27. The van der Waals surface area contributed by atoms with Crippen molar-refractivity contribution in [2.75, 3.05) is 13.2 Å². The third-order valence-electron chi connectivity index (χ3n) is 4.15. The highest BCUT2D eigenvalue weighted by atomic mass is 32.1. The second kappa shape index (κ2) is 8.31. The van der Waals surface area contributed by atoms with E-state index >= 15 is 0 Å². The Morgan fingerprint density at radius 3 is 3.13 bits per heavy atom. The standard InChI is InChI=1S/C18H24N2O2S/c21-15(11-19-14-7-4-2-1-3-5-8-14)13-22-17-9-6-10-18-16(17)12-20-23-18/h6-7,9-10,12,15,19,21H,1-5,8,11,13H2. The Labute approximate surface area is 141 Å². The van der Waals surface area contributed by atoms with Crippen LogP contribution in [0.5, 0.6) is 5.75 Å². The second-order valence-electron chi connectivity index (χ2n) is 6.02. The fourth-order valence-corrected chi connectivity index (χ4v) is 3.50. The van der Waals surface area contributed by atoms with E-state index in [4.69, 9.17) is 4.74 Å². The van der Waals surface area contributed by atoms with Gasteiger partial charge in [0.15, 0.2) is 0 Å². The Morgan fingerprint density at radius 2 is 2.17 bits per heavy atom. The number of aliphatic hydroxyl groups is 1. The summed E-state index contributed by atoms with van der Waals surface area (Å²) in [6.07, 6.45) is 11.0. The van der Waals surface area contributed by atoms with Gasteiger partial charge in [-0.2, -0.15) is 4.37 Å². The van der Waals surface area contributed by atoms with Crippen molar-refractivity contribution in [3.8, 4) is 5.75 Å². The summed E-state index contributed by atoms with van der Waals surface area (Å²) in [6, 6.07) is 5.91. The quantitative estimate of drug-likeness (QED) is 0.843. The summed E-state index contributed by atoms with van der Waals surface area (Å²) < 4.78 is 11.1. The fourth-order valence-electron chi connectivity index (χ4n) is 2.84. The van der Waals surface area contributed by atoms with Gasteiger partial charge in [0, 0.05) is 12.2 Å². The Bertz CT molecular complexity index is 653. The lowest BCUT2D eigenvalue weighted by Crippen LogP contribution is -2.31. The molecule has 1 aliphatic rings. The largest absolute Gasteiger partial charge is 0.490 e. The zero-order valence-corrected chi connectivity index (χ0v) is 14.1. The first-order chi connectivity index (χ1) is 11.3. The van der Waals surface area contributed by atoms with Crippen LogP contribution in [0.1, 0.15) is 38.5 Å². The fraction of sp³-hybridized carbons (Fsp3) is 0.500. The van der Waals surface area contributed by atoms with Gasteiger partial charge in [0.2, 0.25) is 0 Å². The maximum Gasteiger partial charge on any atom is 0.129 e. The lowest BCUT2D eigenvalue weighted by molar-refractivity contribution is 0.109. The third-order valence-corrected chi connectivity index (χ3v) is 4.91. The van der Waals surface area contributed by atoms with Crippen molar-refractivity contribution >= 4 is 21.6 Å². The van der Waals surface area contributed by atoms with Gasteiger partial charge in [-0.25, -0.2) is 0 Å². The molecule has 3 rings (SSSR count). The molecular weight excluding hydrogens is 308 g/mol. The first kappa shape index (κ1) is 16.3. The van der Waals surface area contributed by atoms with Gasteiger partial charge < -0.3 is 15.2 Å². The van der Waals surface area contributed by atoms with Crippen LogP contribution in [0.2, 0.25) is 0 Å². The predicted octanol–water partition coefficient (Wildman–Crippen LogP) is 3.86. The van der Waals surface area contributed by atoms with E-state index in [9.17, 15) is 5.11 Å². The molecule has 0 saturated carbocycles. The van der Waals surface area contributed by atoms with E-state index in [1.54, 1.807) is 0 Å². The highest BCUT2D eigenvalue weighted by Crippen LogP contribution is 2.27. The smallest absolute Gasteiger partial charge is 0.129 e. The van der Waals surface area contributed by atoms with Crippen molar-refractivity contribution in [3.05, 3.63) is 36.2 Å². The Kier molecular flexibility index (Phi) is 5.88. The average molecular weight is 332 g/mol. The van der Waals surface area contributed by atoms with Crippen LogP contribution in [-0.4, -0.2) is 28.7 Å². The van der Waals surface area contributed by atoms with E-state index in [-0.39, 0.29) is 6.61 Å². The molecule has 124 valence electrons. The van der Waals surface area contributed by atoms with Gasteiger partial charge >= 0.3 is 0 Å². The number of aromatic nitrogens is 1. The Morgan fingerprint density at radius 1 is 1.26 bits per heavy atom. The average Bonchev–Trinajstić information content (AvgIpc) is 3.01. The summed E-state index contributed by atoms with van der Waals surface area (Å²) in [5, 5.41) is 14.6. The predicted molar refractivity (Wildman–Crippen MR) is 94.9 cm³/mol. The van der Waals surface area contributed by atoms with Gasteiger partial charge in [-0.05, 0) is 49.3 Å². The van der Waals surface area contributed by atoms with Crippen molar-refractivity contribution in [1.82, 2.24) is 9.69 Å². The highest BCUT2D eigenvalue weighted by molar-refractivity contribution is 7.13. The van der Waals surface area contributed by atoms with Crippen LogP contribution in [0.4, 0.5) is 0 Å². The molecule has 2 N–H and O–H groups in total. The zero-order chi connectivity index (χ0) is 15.9. The van der Waals surface area contributed by atoms with Crippen LogP contribution in [-0.2, 0) is 0 Å². The van der Waals surface area contributed by atoms with E-state index < -0.39 is 6.10 Å². The minimum atomic E-state index is -0.525. The third kappa shape index (κ3) is 4.69. The second-order valence-corrected chi connectivity index (χ2v) is 6.85. The van der Waals surface area contributed by atoms with Crippen molar-refractivity contribution < 1.29 is 9.84 Å². The summed E-state index contributed by atoms with van der Waals surface area (Å²) in [7, 11) is 0. The van der Waals surface area contributed by atoms with Gasteiger partial charge in [-0.3, -0.25) is 0 Å². The topological polar surface area (TPSA) is 54.4 Å². The molecule has 1 aromatic carbocycles. The Balaban J connectivity index is 1.47. The summed E-state index contributed by atoms with van der Waals surface area (Å²) >= 11 is 1.46. The normalized spacial score (nSPS) is 17.2. The van der Waals surface area contributed by atoms with Crippen LogP contribution in [0.25, 0.3) is 10.1 Å². The van der Waals surface area contributed by atoms with Crippen molar-refractivity contribution in [2.45, 2.75) is 44.6 Å². The lowest BCUT2D eigenvalue weighted by atomic mass is 10.0. The van der Waals surface area contributed by atoms with Crippen LogP contribution < -0.4 is 10.1 Å². The monoisotopic (exact) mass is 332 g/mol. The lowest BCUT2D eigenvalue weighted by Gasteiger charge is -2.17. The van der Waals surface area contributed by atoms with E-state index in [0.717, 1.165) is 28.7 Å². The molecule has 0 saturated heterocycles. The molecule has 2 aromatic rings. The molecule has 23 heavy (non-hydrogen) atoms. The molecular formula is C18H24N2O2S. The van der Waals surface area contributed by atoms with Gasteiger partial charge in [0.1, 0.15) is 18.5 Å². The van der Waals surface area contributed by atoms with E-state index in [2.05, 4.69) is 15.8 Å². The summed E-state index contributed by atoms with van der Waals surface area (Å²) in [4.78, 5) is 0. The number of allylic oxidation sites excluding steroid dienone is 2. The van der Waals surface area contributed by atoms with Gasteiger partial charge in [0.05, 0.1) is 16.3 Å². The molecule has 0 fully saturated rings. The van der Waals surface area contributed by atoms with Gasteiger partial charge in [0.25, 0.3) is 0 Å². The molecule has 1 unspecified atom stereocenters. The van der Waals surface area contributed by atoms with Crippen molar-refractivity contribution in [1.29, 1.82) is 0 Å². The first-order valence-corrected chi connectivity index (χ1v) is 9.17. The summed E-state index contributed by atoms with van der Waals surface area (Å²) in [6.45, 7) is 0.818. The van der Waals surface area contributed by atoms with Crippen LogP contribution >= 0.6 is 11.5 Å². The number of hydrogen-bond acceptors (Lipinski definition) is 5. The van der Waals surface area contributed by atoms with Crippen LogP contribution in [0, 0.1) is 0 Å². The number of nitrogens with zero attached hydrogens (tertiary/aromatic N) is 1. The number of nitrogens with one attached hydrogen (secondary N) is 1. The number of benzene rings is 1. The van der Waals surface area contributed by atoms with Crippen molar-refractivity contribution in [2.24, 2.45) is 0 Å². The Hall–Kier alpha value is -1.59. The number of rotatable bonds is 6. The van der Waals surface area contributed by atoms with Gasteiger partial charge in [-0.1, -0.05) is 25.0 Å². The maximum atomic E-state index is 10.2. The number of hydrogen-bond donors (Lipinski definition) is 2. The number of fused-ring (bicyclic) bond motifs is 1. The van der Waals surface area contributed by atoms with E-state index in [1.807, 2.05) is 24.4 Å². The minimum absolute atomic E-state index is 0.287. The van der Waals surface area contributed by atoms with E-state index in [1.165, 1.54) is 42.9 Å². The first-order valence-electron chi connectivity index (χ1n) is 8.40. The van der Waals surface area contributed by atoms with Crippen molar-refractivity contribution in [3.63, 3.8) is 0 Å². The molecule has 0 amide bonds. The van der Waals surface area contributed by atoms with E-state index in [0.29, 0.717) is 6.54 Å². The number of ether oxygens (including phenoxy) is 1. The van der Waals surface area contributed by atoms with Crippen LogP contribution in [0.15, 0.2) is 36.2 Å². The van der Waals surface area contributed by atoms with Crippen LogP contribution in [0.3, 0.4) is 0 Å².